The molecule has 1 unspecified atom stereocenters. The number of hydrogen-bond acceptors (Lipinski definition) is 4. The minimum absolute atomic E-state index is 0.0552. The van der Waals surface area contributed by atoms with Gasteiger partial charge in [0.1, 0.15) is 6.04 Å². The Balaban J connectivity index is 3.74. The highest BCUT2D eigenvalue weighted by Crippen LogP contribution is 2.08. The van der Waals surface area contributed by atoms with E-state index in [4.69, 9.17) is 15.6 Å². The Labute approximate surface area is 96.0 Å². The molecule has 0 aliphatic heterocycles. The first-order valence-corrected chi connectivity index (χ1v) is 5.63. The zero-order chi connectivity index (χ0) is 12.6. The molecule has 0 saturated heterocycles. The lowest BCUT2D eigenvalue weighted by Gasteiger charge is -2.14. The monoisotopic (exact) mass is 231 g/mol. The smallest absolute Gasteiger partial charge is 0.320 e. The van der Waals surface area contributed by atoms with Crippen LogP contribution in [0.25, 0.3) is 0 Å². The fourth-order valence-electron chi connectivity index (χ4n) is 1.23. The number of carbonyl (C=O) groups is 2. The summed E-state index contributed by atoms with van der Waals surface area (Å²) in [4.78, 5) is 21.8. The minimum Gasteiger partial charge on any atom is -0.480 e. The van der Waals surface area contributed by atoms with Crippen molar-refractivity contribution in [3.63, 3.8) is 0 Å². The van der Waals surface area contributed by atoms with Gasteiger partial charge < -0.3 is 15.6 Å². The fraction of sp³-hybridized carbons (Fsp3) is 0.818. The van der Waals surface area contributed by atoms with Crippen molar-refractivity contribution in [1.29, 1.82) is 0 Å². The van der Waals surface area contributed by atoms with E-state index in [-0.39, 0.29) is 12.4 Å². The number of ether oxygens (including phenoxy) is 1. The molecule has 0 amide bonds. The van der Waals surface area contributed by atoms with Gasteiger partial charge in [-0.05, 0) is 12.3 Å². The molecule has 2 atom stereocenters. The highest BCUT2D eigenvalue weighted by Gasteiger charge is 2.22. The number of unbranched alkanes of at least 4 members (excludes halogenated alkanes) is 2. The topological polar surface area (TPSA) is 89.6 Å². The zero-order valence-corrected chi connectivity index (χ0v) is 9.94. The lowest BCUT2D eigenvalue weighted by atomic mass is 9.99. The third-order valence-electron chi connectivity index (χ3n) is 2.40. The van der Waals surface area contributed by atoms with Crippen LogP contribution in [0.4, 0.5) is 0 Å². The maximum absolute atomic E-state index is 11.3. The second-order valence-corrected chi connectivity index (χ2v) is 3.97. The van der Waals surface area contributed by atoms with Gasteiger partial charge in [0, 0.05) is 0 Å². The van der Waals surface area contributed by atoms with E-state index < -0.39 is 17.9 Å². The zero-order valence-electron chi connectivity index (χ0n) is 9.94. The summed E-state index contributed by atoms with van der Waals surface area (Å²) >= 11 is 0. The van der Waals surface area contributed by atoms with Crippen LogP contribution in [0.2, 0.25) is 0 Å². The standard InChI is InChI=1S/C11H21NO4/c1-3-4-5-6-16-9(13)7-8(2)10(12)11(14)15/h8,10H,3-7,12H2,1-2H3,(H,14,15)/t8?,10-/m0/s1. The van der Waals surface area contributed by atoms with Gasteiger partial charge in [-0.3, -0.25) is 9.59 Å². The van der Waals surface area contributed by atoms with Gasteiger partial charge in [0.15, 0.2) is 0 Å². The van der Waals surface area contributed by atoms with Crippen LogP contribution in [-0.4, -0.2) is 29.7 Å². The Kier molecular flexibility index (Phi) is 7.54. The Morgan fingerprint density at radius 2 is 2.00 bits per heavy atom. The summed E-state index contributed by atoms with van der Waals surface area (Å²) in [6.45, 7) is 4.10. The number of nitrogens with two attached hydrogens (primary N) is 1. The number of carboxylic acid groups (broad SMARTS) is 1. The average Bonchev–Trinajstić information content (AvgIpc) is 2.23. The van der Waals surface area contributed by atoms with Crippen LogP contribution in [0.1, 0.15) is 39.5 Å². The molecule has 94 valence electrons. The van der Waals surface area contributed by atoms with Crippen molar-refractivity contribution < 1.29 is 19.4 Å². The van der Waals surface area contributed by atoms with Crippen molar-refractivity contribution in [3.05, 3.63) is 0 Å². The van der Waals surface area contributed by atoms with Gasteiger partial charge in [0.2, 0.25) is 0 Å². The Morgan fingerprint density at radius 1 is 1.38 bits per heavy atom. The first-order valence-electron chi connectivity index (χ1n) is 5.63. The molecule has 0 aromatic carbocycles. The normalized spacial score (nSPS) is 14.2. The molecule has 0 aromatic heterocycles. The molecule has 16 heavy (non-hydrogen) atoms. The quantitative estimate of drug-likeness (QED) is 0.483. The van der Waals surface area contributed by atoms with Crippen LogP contribution >= 0.6 is 0 Å². The summed E-state index contributed by atoms with van der Waals surface area (Å²) in [5.74, 6) is -1.87. The number of carboxylic acids is 1. The summed E-state index contributed by atoms with van der Waals surface area (Å²) in [7, 11) is 0. The number of carbonyl (C=O) groups excluding carboxylic acids is 1. The molecular formula is C11H21NO4. The molecule has 0 aliphatic carbocycles. The summed E-state index contributed by atoms with van der Waals surface area (Å²) < 4.78 is 4.96. The number of aliphatic carboxylic acids is 1. The second kappa shape index (κ2) is 8.10. The van der Waals surface area contributed by atoms with Gasteiger partial charge >= 0.3 is 11.9 Å². The predicted molar refractivity (Wildman–Crippen MR) is 59.9 cm³/mol. The molecule has 0 aliphatic rings. The Bertz CT molecular complexity index is 230. The van der Waals surface area contributed by atoms with Crippen LogP contribution in [0, 0.1) is 5.92 Å². The summed E-state index contributed by atoms with van der Waals surface area (Å²) in [6.07, 6.45) is 3.00. The van der Waals surface area contributed by atoms with E-state index in [1.165, 1.54) is 0 Å². The van der Waals surface area contributed by atoms with E-state index in [1.54, 1.807) is 6.92 Å². The first kappa shape index (κ1) is 14.9. The largest absolute Gasteiger partial charge is 0.480 e. The molecule has 0 aromatic rings. The summed E-state index contributed by atoms with van der Waals surface area (Å²) in [5, 5.41) is 8.63. The molecule has 0 saturated carbocycles. The lowest BCUT2D eigenvalue weighted by Crippen LogP contribution is -2.37. The van der Waals surface area contributed by atoms with Gasteiger partial charge in [0.05, 0.1) is 13.0 Å². The van der Waals surface area contributed by atoms with Crippen molar-refractivity contribution in [2.45, 2.75) is 45.6 Å². The maximum atomic E-state index is 11.3. The summed E-state index contributed by atoms with van der Waals surface area (Å²) in [5.41, 5.74) is 5.38. The molecule has 0 heterocycles. The number of esters is 1. The molecule has 0 spiro atoms. The number of rotatable bonds is 8. The van der Waals surface area contributed by atoms with E-state index >= 15 is 0 Å². The Morgan fingerprint density at radius 3 is 2.50 bits per heavy atom. The molecule has 5 heteroatoms. The fourth-order valence-corrected chi connectivity index (χ4v) is 1.23. The van der Waals surface area contributed by atoms with E-state index in [2.05, 4.69) is 6.92 Å². The first-order chi connectivity index (χ1) is 7.49. The molecule has 0 bridgehead atoms. The van der Waals surface area contributed by atoms with Crippen molar-refractivity contribution in [1.82, 2.24) is 0 Å². The molecule has 0 fully saturated rings. The third kappa shape index (κ3) is 6.40. The molecule has 5 nitrogen and oxygen atoms in total. The van der Waals surface area contributed by atoms with E-state index in [9.17, 15) is 9.59 Å². The van der Waals surface area contributed by atoms with Gasteiger partial charge in [0.25, 0.3) is 0 Å². The minimum atomic E-state index is -1.09. The van der Waals surface area contributed by atoms with Crippen molar-refractivity contribution >= 4 is 11.9 Å². The van der Waals surface area contributed by atoms with Crippen molar-refractivity contribution in [3.8, 4) is 0 Å². The molecular weight excluding hydrogens is 210 g/mol. The van der Waals surface area contributed by atoms with Crippen molar-refractivity contribution in [2.24, 2.45) is 11.7 Å². The molecule has 0 radical (unpaired) electrons. The van der Waals surface area contributed by atoms with Gasteiger partial charge in [-0.25, -0.2) is 0 Å². The highest BCUT2D eigenvalue weighted by molar-refractivity contribution is 5.75. The number of hydrogen-bond donors (Lipinski definition) is 2. The predicted octanol–water partition coefficient (Wildman–Crippen LogP) is 1.16. The SMILES string of the molecule is CCCCCOC(=O)CC(C)[C@H](N)C(=O)O. The van der Waals surface area contributed by atoms with Crippen LogP contribution in [-0.2, 0) is 14.3 Å². The second-order valence-electron chi connectivity index (χ2n) is 3.97. The van der Waals surface area contributed by atoms with E-state index in [1.807, 2.05) is 0 Å². The maximum Gasteiger partial charge on any atom is 0.320 e. The van der Waals surface area contributed by atoms with Gasteiger partial charge in [-0.2, -0.15) is 0 Å². The van der Waals surface area contributed by atoms with Crippen LogP contribution in [0.15, 0.2) is 0 Å². The van der Waals surface area contributed by atoms with Crippen LogP contribution < -0.4 is 5.73 Å². The van der Waals surface area contributed by atoms with Crippen LogP contribution in [0.5, 0.6) is 0 Å². The molecule has 0 rings (SSSR count). The van der Waals surface area contributed by atoms with Gasteiger partial charge in [-0.1, -0.05) is 26.7 Å². The van der Waals surface area contributed by atoms with Crippen molar-refractivity contribution in [2.75, 3.05) is 6.61 Å². The average molecular weight is 231 g/mol. The third-order valence-corrected chi connectivity index (χ3v) is 2.40. The lowest BCUT2D eigenvalue weighted by molar-refractivity contribution is -0.146. The van der Waals surface area contributed by atoms with Crippen LogP contribution in [0.3, 0.4) is 0 Å². The molecule has 3 N–H and O–H groups in total. The van der Waals surface area contributed by atoms with E-state index in [0.717, 1.165) is 19.3 Å². The summed E-state index contributed by atoms with van der Waals surface area (Å²) in [6, 6.07) is -1.01. The Hall–Kier alpha value is -1.10. The van der Waals surface area contributed by atoms with Gasteiger partial charge in [-0.15, -0.1) is 0 Å². The highest BCUT2D eigenvalue weighted by atomic mass is 16.5. The van der Waals surface area contributed by atoms with E-state index in [0.29, 0.717) is 6.61 Å².